The Balaban J connectivity index is 1.35. The minimum absolute atomic E-state index is 0.0495. The van der Waals surface area contributed by atoms with Gasteiger partial charge in [0.2, 0.25) is 0 Å². The quantitative estimate of drug-likeness (QED) is 0.657. The highest BCUT2D eigenvalue weighted by atomic mass is 19.4. The summed E-state index contributed by atoms with van der Waals surface area (Å²) >= 11 is 0. The Hall–Kier alpha value is -3.49. The van der Waals surface area contributed by atoms with E-state index < -0.39 is 11.7 Å². The van der Waals surface area contributed by atoms with Gasteiger partial charge < -0.3 is 10.2 Å². The number of carbonyl (C=O) groups excluding carboxylic acids is 1. The van der Waals surface area contributed by atoms with Gasteiger partial charge in [-0.15, -0.1) is 0 Å². The summed E-state index contributed by atoms with van der Waals surface area (Å²) in [5.41, 5.74) is 1.13. The van der Waals surface area contributed by atoms with Crippen LogP contribution in [0.3, 0.4) is 0 Å². The van der Waals surface area contributed by atoms with E-state index in [0.29, 0.717) is 29.5 Å². The van der Waals surface area contributed by atoms with Crippen LogP contribution in [0.25, 0.3) is 11.3 Å². The van der Waals surface area contributed by atoms with E-state index in [1.54, 1.807) is 24.7 Å². The van der Waals surface area contributed by atoms with E-state index in [4.69, 9.17) is 0 Å². The molecule has 1 aromatic carbocycles. The maximum absolute atomic E-state index is 13.5. The predicted molar refractivity (Wildman–Crippen MR) is 112 cm³/mol. The van der Waals surface area contributed by atoms with Crippen LogP contribution in [0.2, 0.25) is 0 Å². The average Bonchev–Trinajstić information content (AvgIpc) is 3.40. The number of likely N-dealkylation sites (tertiary alicyclic amines) is 1. The summed E-state index contributed by atoms with van der Waals surface area (Å²) in [7, 11) is 0. The molecule has 2 aliphatic rings. The lowest BCUT2D eigenvalue weighted by Gasteiger charge is -2.34. The third-order valence-electron chi connectivity index (χ3n) is 6.16. The highest BCUT2D eigenvalue weighted by molar-refractivity contribution is 6.00. The zero-order valence-corrected chi connectivity index (χ0v) is 17.0. The Bertz CT molecular complexity index is 1120. The number of amides is 1. The number of halogens is 3. The van der Waals surface area contributed by atoms with Crippen molar-refractivity contribution in [2.24, 2.45) is 5.92 Å². The van der Waals surface area contributed by atoms with Crippen molar-refractivity contribution in [3.63, 3.8) is 0 Å². The molecule has 6 nitrogen and oxygen atoms in total. The summed E-state index contributed by atoms with van der Waals surface area (Å²) in [5.74, 6) is 0.646. The van der Waals surface area contributed by atoms with Gasteiger partial charge in [-0.3, -0.25) is 14.8 Å². The number of fused-ring (bicyclic) bond motifs is 2. The molecule has 3 atom stereocenters. The van der Waals surface area contributed by atoms with Crippen LogP contribution >= 0.6 is 0 Å². The molecule has 1 amide bonds. The van der Waals surface area contributed by atoms with Crippen LogP contribution in [0.1, 0.15) is 28.8 Å². The van der Waals surface area contributed by atoms with E-state index in [1.165, 1.54) is 6.07 Å². The van der Waals surface area contributed by atoms with Gasteiger partial charge in [-0.1, -0.05) is 18.2 Å². The topological polar surface area (TPSA) is 71.0 Å². The Morgan fingerprint density at radius 1 is 1.03 bits per heavy atom. The molecular formula is C23H20F3N5O. The molecule has 1 N–H and O–H groups in total. The van der Waals surface area contributed by atoms with E-state index in [0.717, 1.165) is 30.7 Å². The molecule has 0 radical (unpaired) electrons. The smallest absolute Gasteiger partial charge is 0.365 e. The molecule has 2 fully saturated rings. The first-order valence-corrected chi connectivity index (χ1v) is 10.4. The summed E-state index contributed by atoms with van der Waals surface area (Å²) in [6, 6.07) is 9.57. The third kappa shape index (κ3) is 3.79. The lowest BCUT2D eigenvalue weighted by Crippen LogP contribution is -2.47. The van der Waals surface area contributed by atoms with Gasteiger partial charge in [-0.05, 0) is 37.0 Å². The van der Waals surface area contributed by atoms with E-state index in [2.05, 4.69) is 20.3 Å². The number of rotatable bonds is 4. The molecule has 5 rings (SSSR count). The first-order valence-electron chi connectivity index (χ1n) is 10.4. The van der Waals surface area contributed by atoms with Gasteiger partial charge in [0.15, 0.2) is 0 Å². The van der Waals surface area contributed by atoms with Gasteiger partial charge in [0, 0.05) is 42.3 Å². The Morgan fingerprint density at radius 2 is 1.88 bits per heavy atom. The highest BCUT2D eigenvalue weighted by Gasteiger charge is 2.47. The van der Waals surface area contributed by atoms with Gasteiger partial charge in [0.25, 0.3) is 5.91 Å². The van der Waals surface area contributed by atoms with Crippen LogP contribution in [0.15, 0.2) is 61.2 Å². The standard InChI is InChI=1S/C23H20F3N5O/c24-23(25,26)15-5-6-21(29-11-15)30-18-9-14-10-20(18)31(13-14)22(32)17-4-2-1-3-16(17)19-12-27-7-8-28-19/h1-8,11-12,14,18,20H,9-10,13H2,(H,29,30)/t14-,18-,20+/m1/s1. The average molecular weight is 439 g/mol. The number of hydrogen-bond acceptors (Lipinski definition) is 5. The van der Waals surface area contributed by atoms with Crippen LogP contribution in [0.5, 0.6) is 0 Å². The van der Waals surface area contributed by atoms with Crippen molar-refractivity contribution >= 4 is 11.7 Å². The third-order valence-corrected chi connectivity index (χ3v) is 6.16. The van der Waals surface area contributed by atoms with Crippen molar-refractivity contribution in [3.8, 4) is 11.3 Å². The Labute approximate surface area is 182 Å². The number of nitrogens with one attached hydrogen (secondary N) is 1. The van der Waals surface area contributed by atoms with Gasteiger partial charge >= 0.3 is 6.18 Å². The number of carbonyl (C=O) groups is 1. The number of aromatic nitrogens is 3. The number of benzene rings is 1. The van der Waals surface area contributed by atoms with Crippen molar-refractivity contribution in [1.82, 2.24) is 19.9 Å². The van der Waals surface area contributed by atoms with Crippen molar-refractivity contribution in [2.75, 3.05) is 11.9 Å². The number of pyridine rings is 1. The van der Waals surface area contributed by atoms with Crippen LogP contribution in [0.4, 0.5) is 19.0 Å². The van der Waals surface area contributed by atoms with Gasteiger partial charge in [-0.25, -0.2) is 4.98 Å². The van der Waals surface area contributed by atoms with E-state index in [9.17, 15) is 18.0 Å². The van der Waals surface area contributed by atoms with Crippen molar-refractivity contribution in [1.29, 1.82) is 0 Å². The number of hydrogen-bond donors (Lipinski definition) is 1. The molecule has 164 valence electrons. The predicted octanol–water partition coefficient (Wildman–Crippen LogP) is 4.27. The number of nitrogens with zero attached hydrogens (tertiary/aromatic N) is 4. The van der Waals surface area contributed by atoms with E-state index >= 15 is 0 Å². The zero-order chi connectivity index (χ0) is 22.3. The van der Waals surface area contributed by atoms with Crippen molar-refractivity contribution in [2.45, 2.75) is 31.1 Å². The molecule has 1 aliphatic heterocycles. The highest BCUT2D eigenvalue weighted by Crippen LogP contribution is 2.40. The van der Waals surface area contributed by atoms with Gasteiger partial charge in [0.1, 0.15) is 5.82 Å². The molecule has 3 aromatic rings. The molecule has 32 heavy (non-hydrogen) atoms. The Kier molecular flexibility index (Phi) is 5.03. The lowest BCUT2D eigenvalue weighted by molar-refractivity contribution is -0.137. The van der Waals surface area contributed by atoms with Crippen molar-refractivity contribution in [3.05, 3.63) is 72.3 Å². The minimum Gasteiger partial charge on any atom is -0.365 e. The maximum atomic E-state index is 13.5. The molecule has 1 aliphatic carbocycles. The zero-order valence-electron chi connectivity index (χ0n) is 17.0. The molecule has 3 heterocycles. The first kappa shape index (κ1) is 20.4. The van der Waals surface area contributed by atoms with Crippen LogP contribution in [0, 0.1) is 5.92 Å². The van der Waals surface area contributed by atoms with Crippen molar-refractivity contribution < 1.29 is 18.0 Å². The monoisotopic (exact) mass is 439 g/mol. The van der Waals surface area contributed by atoms with E-state index in [-0.39, 0.29) is 18.0 Å². The summed E-state index contributed by atoms with van der Waals surface area (Å²) in [6.07, 6.45) is 2.92. The van der Waals surface area contributed by atoms with Crippen LogP contribution in [-0.2, 0) is 6.18 Å². The Morgan fingerprint density at radius 3 is 2.56 bits per heavy atom. The van der Waals surface area contributed by atoms with Crippen LogP contribution < -0.4 is 5.32 Å². The SMILES string of the molecule is O=C(c1ccccc1-c1cnccn1)N1C[C@@H]2C[C@@H](Nc3ccc(C(F)(F)F)cn3)[C@@H]1C2. The number of anilines is 1. The summed E-state index contributed by atoms with van der Waals surface area (Å²) in [6.45, 7) is 0.664. The normalized spacial score (nSPS) is 22.2. The minimum atomic E-state index is -4.42. The summed E-state index contributed by atoms with van der Waals surface area (Å²) < 4.78 is 38.4. The molecule has 0 unspecified atom stereocenters. The molecular weight excluding hydrogens is 419 g/mol. The second-order valence-corrected chi connectivity index (χ2v) is 8.18. The fraction of sp³-hybridized carbons (Fsp3) is 0.304. The molecule has 1 saturated heterocycles. The maximum Gasteiger partial charge on any atom is 0.417 e. The molecule has 1 saturated carbocycles. The van der Waals surface area contributed by atoms with E-state index in [1.807, 2.05) is 23.1 Å². The second kappa shape index (κ2) is 7.89. The van der Waals surface area contributed by atoms with Crippen LogP contribution in [-0.4, -0.2) is 44.4 Å². The fourth-order valence-corrected chi connectivity index (χ4v) is 4.74. The molecule has 0 spiro atoms. The first-order chi connectivity index (χ1) is 15.4. The lowest BCUT2D eigenvalue weighted by atomic mass is 10.0. The number of alkyl halides is 3. The number of piperidine rings is 1. The molecule has 2 aromatic heterocycles. The summed E-state index contributed by atoms with van der Waals surface area (Å²) in [4.78, 5) is 27.7. The van der Waals surface area contributed by atoms with Gasteiger partial charge in [0.05, 0.1) is 23.5 Å². The largest absolute Gasteiger partial charge is 0.417 e. The van der Waals surface area contributed by atoms with Gasteiger partial charge in [-0.2, -0.15) is 13.2 Å². The summed E-state index contributed by atoms with van der Waals surface area (Å²) in [5, 5.41) is 3.24. The molecule has 9 heteroatoms. The second-order valence-electron chi connectivity index (χ2n) is 8.18. The molecule has 2 bridgehead atoms. The fourth-order valence-electron chi connectivity index (χ4n) is 4.74.